The van der Waals surface area contributed by atoms with Gasteiger partial charge in [0, 0.05) is 10.0 Å². The number of ether oxygens (including phenoxy) is 1. The second-order valence-corrected chi connectivity index (χ2v) is 6.55. The van der Waals surface area contributed by atoms with Crippen LogP contribution < -0.4 is 9.84 Å². The minimum Gasteiger partial charge on any atom is -0.545 e. The van der Waals surface area contributed by atoms with Crippen LogP contribution in [0.2, 0.25) is 0 Å². The van der Waals surface area contributed by atoms with E-state index in [4.69, 9.17) is 4.74 Å². The van der Waals surface area contributed by atoms with Gasteiger partial charge in [0.1, 0.15) is 0 Å². The molecule has 0 heterocycles. The minimum atomic E-state index is -1.43. The fourth-order valence-corrected chi connectivity index (χ4v) is 4.03. The Labute approximate surface area is 145 Å². The number of esters is 1. The normalized spacial score (nSPS) is 10.2. The van der Waals surface area contributed by atoms with Gasteiger partial charge in [0.25, 0.3) is 0 Å². The largest absolute Gasteiger partial charge is 0.545 e. The molecular formula is C14H6Br3O4-. The molecule has 0 spiro atoms. The predicted molar refractivity (Wildman–Crippen MR) is 85.3 cm³/mol. The number of hydrogen-bond donors (Lipinski definition) is 0. The summed E-state index contributed by atoms with van der Waals surface area (Å²) in [7, 11) is 0. The fourth-order valence-electron chi connectivity index (χ4n) is 1.61. The maximum absolute atomic E-state index is 12.2. The Morgan fingerprint density at radius 2 is 1.48 bits per heavy atom. The van der Waals surface area contributed by atoms with Gasteiger partial charge in [0.15, 0.2) is 5.75 Å². The van der Waals surface area contributed by atoms with Crippen molar-refractivity contribution >= 4 is 59.7 Å². The van der Waals surface area contributed by atoms with E-state index in [1.807, 2.05) is 0 Å². The van der Waals surface area contributed by atoms with Crippen molar-refractivity contribution in [2.75, 3.05) is 0 Å². The van der Waals surface area contributed by atoms with Crippen LogP contribution in [0.3, 0.4) is 0 Å². The number of hydrogen-bond acceptors (Lipinski definition) is 4. The highest BCUT2D eigenvalue weighted by Gasteiger charge is 2.17. The Hall–Kier alpha value is -1.18. The van der Waals surface area contributed by atoms with Crippen LogP contribution in [-0.2, 0) is 0 Å². The third kappa shape index (κ3) is 3.72. The number of benzene rings is 2. The molecular weight excluding hydrogens is 472 g/mol. The summed E-state index contributed by atoms with van der Waals surface area (Å²) in [5.74, 6) is -1.95. The molecule has 0 aromatic heterocycles. The van der Waals surface area contributed by atoms with E-state index in [9.17, 15) is 14.7 Å². The van der Waals surface area contributed by atoms with E-state index in [0.717, 1.165) is 4.47 Å². The van der Waals surface area contributed by atoms with E-state index in [-0.39, 0.29) is 16.9 Å². The molecule has 21 heavy (non-hydrogen) atoms. The van der Waals surface area contributed by atoms with Gasteiger partial charge in [-0.15, -0.1) is 0 Å². The summed E-state index contributed by atoms with van der Waals surface area (Å²) in [5, 5.41) is 11.0. The van der Waals surface area contributed by atoms with Gasteiger partial charge in [-0.1, -0.05) is 34.1 Å². The standard InChI is InChI=1S/C14H7Br3O4/c15-7-5-10(16)12(11(17)6-7)21-14(20)9-4-2-1-3-8(9)13(18)19/h1-6H,(H,18,19)/p-1. The van der Waals surface area contributed by atoms with Gasteiger partial charge in [-0.3, -0.25) is 0 Å². The lowest BCUT2D eigenvalue weighted by Crippen LogP contribution is -2.26. The Bertz CT molecular complexity index is 705. The topological polar surface area (TPSA) is 66.4 Å². The first-order valence-corrected chi connectivity index (χ1v) is 7.95. The molecule has 2 aromatic carbocycles. The van der Waals surface area contributed by atoms with Crippen molar-refractivity contribution in [3.63, 3.8) is 0 Å². The van der Waals surface area contributed by atoms with Crippen molar-refractivity contribution in [2.24, 2.45) is 0 Å². The van der Waals surface area contributed by atoms with Gasteiger partial charge < -0.3 is 14.6 Å². The Morgan fingerprint density at radius 3 is 2.00 bits per heavy atom. The van der Waals surface area contributed by atoms with Crippen LogP contribution in [0.15, 0.2) is 49.8 Å². The third-order valence-electron chi connectivity index (χ3n) is 2.52. The van der Waals surface area contributed by atoms with Crippen LogP contribution in [0.1, 0.15) is 20.7 Å². The van der Waals surface area contributed by atoms with E-state index >= 15 is 0 Å². The molecule has 0 atom stereocenters. The van der Waals surface area contributed by atoms with Crippen LogP contribution >= 0.6 is 47.8 Å². The molecule has 0 radical (unpaired) electrons. The van der Waals surface area contributed by atoms with Gasteiger partial charge in [0.2, 0.25) is 0 Å². The highest BCUT2D eigenvalue weighted by Crippen LogP contribution is 2.36. The van der Waals surface area contributed by atoms with Gasteiger partial charge >= 0.3 is 5.97 Å². The molecule has 0 aliphatic carbocycles. The molecule has 0 aliphatic rings. The number of carboxylic acids is 1. The van der Waals surface area contributed by atoms with Gasteiger partial charge in [-0.05, 0) is 50.1 Å². The number of carbonyl (C=O) groups is 2. The molecule has 0 aliphatic heterocycles. The molecule has 4 nitrogen and oxygen atoms in total. The molecule has 0 amide bonds. The van der Waals surface area contributed by atoms with Crippen molar-refractivity contribution in [2.45, 2.75) is 0 Å². The first kappa shape index (κ1) is 16.2. The lowest BCUT2D eigenvalue weighted by molar-refractivity contribution is -0.255. The fraction of sp³-hybridized carbons (Fsp3) is 0. The molecule has 2 rings (SSSR count). The summed E-state index contributed by atoms with van der Waals surface area (Å²) in [4.78, 5) is 23.2. The molecule has 0 saturated carbocycles. The summed E-state index contributed by atoms with van der Waals surface area (Å²) in [6, 6.07) is 9.13. The van der Waals surface area contributed by atoms with E-state index < -0.39 is 11.9 Å². The minimum absolute atomic E-state index is 0.0702. The number of carboxylic acid groups (broad SMARTS) is 1. The molecule has 7 heteroatoms. The van der Waals surface area contributed by atoms with E-state index in [1.165, 1.54) is 18.2 Å². The lowest BCUT2D eigenvalue weighted by atomic mass is 10.1. The van der Waals surface area contributed by atoms with Gasteiger partial charge in [-0.25, -0.2) is 4.79 Å². The molecule has 0 bridgehead atoms. The summed E-state index contributed by atoms with van der Waals surface area (Å²) >= 11 is 9.86. The Morgan fingerprint density at radius 1 is 0.952 bits per heavy atom. The predicted octanol–water partition coefficient (Wildman–Crippen LogP) is 3.56. The van der Waals surface area contributed by atoms with Crippen LogP contribution in [0.25, 0.3) is 0 Å². The Kier molecular flexibility index (Phi) is 5.18. The zero-order valence-corrected chi connectivity index (χ0v) is 15.0. The molecule has 0 fully saturated rings. The number of aromatic carboxylic acids is 1. The molecule has 2 aromatic rings. The van der Waals surface area contributed by atoms with E-state index in [0.29, 0.717) is 8.95 Å². The van der Waals surface area contributed by atoms with Crippen molar-refractivity contribution in [3.05, 3.63) is 60.9 Å². The van der Waals surface area contributed by atoms with Gasteiger partial charge in [0.05, 0.1) is 20.5 Å². The third-order valence-corrected chi connectivity index (χ3v) is 4.16. The molecule has 0 N–H and O–H groups in total. The monoisotopic (exact) mass is 475 g/mol. The van der Waals surface area contributed by atoms with Crippen LogP contribution in [-0.4, -0.2) is 11.9 Å². The summed E-state index contributed by atoms with van der Waals surface area (Å²) < 4.78 is 7.14. The number of carbonyl (C=O) groups excluding carboxylic acids is 2. The van der Waals surface area contributed by atoms with E-state index in [2.05, 4.69) is 47.8 Å². The smallest absolute Gasteiger partial charge is 0.344 e. The maximum Gasteiger partial charge on any atom is 0.344 e. The first-order chi connectivity index (χ1) is 9.90. The lowest BCUT2D eigenvalue weighted by Gasteiger charge is -2.12. The summed E-state index contributed by atoms with van der Waals surface area (Å²) in [6.45, 7) is 0. The zero-order chi connectivity index (χ0) is 15.6. The Balaban J connectivity index is 2.38. The van der Waals surface area contributed by atoms with Crippen molar-refractivity contribution in [1.29, 1.82) is 0 Å². The second kappa shape index (κ2) is 6.72. The molecule has 0 saturated heterocycles. The average Bonchev–Trinajstić information content (AvgIpc) is 2.42. The highest BCUT2D eigenvalue weighted by atomic mass is 79.9. The van der Waals surface area contributed by atoms with Crippen molar-refractivity contribution < 1.29 is 19.4 Å². The molecule has 0 unspecified atom stereocenters. The number of rotatable bonds is 3. The first-order valence-electron chi connectivity index (χ1n) is 5.57. The van der Waals surface area contributed by atoms with Crippen LogP contribution in [0.4, 0.5) is 0 Å². The highest BCUT2D eigenvalue weighted by molar-refractivity contribution is 9.11. The van der Waals surface area contributed by atoms with Crippen molar-refractivity contribution in [3.8, 4) is 5.75 Å². The van der Waals surface area contributed by atoms with Crippen LogP contribution in [0.5, 0.6) is 5.75 Å². The van der Waals surface area contributed by atoms with E-state index in [1.54, 1.807) is 18.2 Å². The van der Waals surface area contributed by atoms with Crippen LogP contribution in [0, 0.1) is 0 Å². The second-order valence-electron chi connectivity index (χ2n) is 3.92. The zero-order valence-electron chi connectivity index (χ0n) is 10.2. The maximum atomic E-state index is 12.2. The number of halogens is 3. The van der Waals surface area contributed by atoms with Gasteiger partial charge in [-0.2, -0.15) is 0 Å². The average molecular weight is 478 g/mol. The van der Waals surface area contributed by atoms with Crippen molar-refractivity contribution in [1.82, 2.24) is 0 Å². The SMILES string of the molecule is O=C([O-])c1ccccc1C(=O)Oc1c(Br)cc(Br)cc1Br. The summed E-state index contributed by atoms with van der Waals surface area (Å²) in [6.07, 6.45) is 0. The summed E-state index contributed by atoms with van der Waals surface area (Å²) in [5.41, 5.74) is -0.286. The quantitative estimate of drug-likeness (QED) is 0.501. The molecule has 108 valence electrons.